The maximum Gasteiger partial charge on any atom is 0.320 e. The molecule has 0 spiro atoms. The van der Waals surface area contributed by atoms with Crippen LogP contribution in [0.5, 0.6) is 11.5 Å². The number of carbonyl (C=O) groups is 1. The Morgan fingerprint density at radius 3 is 2.27 bits per heavy atom. The van der Waals surface area contributed by atoms with Crippen molar-refractivity contribution in [2.24, 2.45) is 0 Å². The number of aryl methyl sites for hydroxylation is 1. The number of hydrogen-bond acceptors (Lipinski definition) is 5. The smallest absolute Gasteiger partial charge is 0.320 e. The van der Waals surface area contributed by atoms with Crippen molar-refractivity contribution in [3.05, 3.63) is 53.6 Å². The summed E-state index contributed by atoms with van der Waals surface area (Å²) < 4.78 is 38.6. The zero-order valence-electron chi connectivity index (χ0n) is 19.4. The molecular formula is C24H31N3O5S. The summed E-state index contributed by atoms with van der Waals surface area (Å²) in [5.41, 5.74) is 2.31. The molecule has 2 aliphatic rings. The number of ether oxygens (including phenoxy) is 2. The second kappa shape index (κ2) is 9.61. The van der Waals surface area contributed by atoms with Gasteiger partial charge in [-0.1, -0.05) is 29.8 Å². The molecule has 0 unspecified atom stereocenters. The van der Waals surface area contributed by atoms with Crippen molar-refractivity contribution in [3.8, 4) is 11.5 Å². The van der Waals surface area contributed by atoms with Crippen molar-refractivity contribution in [2.75, 3.05) is 40.4 Å². The van der Waals surface area contributed by atoms with E-state index >= 15 is 0 Å². The van der Waals surface area contributed by atoms with Crippen LogP contribution in [0.25, 0.3) is 0 Å². The van der Waals surface area contributed by atoms with Gasteiger partial charge in [0.1, 0.15) is 16.4 Å². The number of rotatable bonds is 7. The van der Waals surface area contributed by atoms with Crippen LogP contribution in [-0.2, 0) is 16.6 Å². The predicted molar refractivity (Wildman–Crippen MR) is 125 cm³/mol. The first-order valence-corrected chi connectivity index (χ1v) is 12.6. The molecule has 0 bridgehead atoms. The Morgan fingerprint density at radius 2 is 1.64 bits per heavy atom. The Labute approximate surface area is 195 Å². The van der Waals surface area contributed by atoms with Crippen LogP contribution in [0.2, 0.25) is 0 Å². The van der Waals surface area contributed by atoms with E-state index in [0.29, 0.717) is 57.1 Å². The van der Waals surface area contributed by atoms with Gasteiger partial charge in [-0.15, -0.1) is 0 Å². The molecule has 0 N–H and O–H groups in total. The van der Waals surface area contributed by atoms with Crippen LogP contribution >= 0.6 is 0 Å². The van der Waals surface area contributed by atoms with Crippen molar-refractivity contribution in [3.63, 3.8) is 0 Å². The Hall–Kier alpha value is -2.78. The molecule has 2 aromatic carbocycles. The maximum atomic E-state index is 13.3. The molecule has 0 aliphatic carbocycles. The van der Waals surface area contributed by atoms with E-state index < -0.39 is 10.0 Å². The summed E-state index contributed by atoms with van der Waals surface area (Å²) in [5.74, 6) is 0.750. The highest BCUT2D eigenvalue weighted by Gasteiger charge is 2.38. The first-order valence-electron chi connectivity index (χ1n) is 11.2. The van der Waals surface area contributed by atoms with E-state index in [4.69, 9.17) is 9.47 Å². The van der Waals surface area contributed by atoms with E-state index in [9.17, 15) is 13.2 Å². The van der Waals surface area contributed by atoms with Crippen LogP contribution in [-0.4, -0.2) is 75.0 Å². The summed E-state index contributed by atoms with van der Waals surface area (Å²) in [5, 5.41) is 0. The van der Waals surface area contributed by atoms with Crippen molar-refractivity contribution in [1.82, 2.24) is 14.1 Å². The minimum atomic E-state index is -3.74. The summed E-state index contributed by atoms with van der Waals surface area (Å²) in [6.45, 7) is 4.71. The van der Waals surface area contributed by atoms with Gasteiger partial charge < -0.3 is 19.3 Å². The van der Waals surface area contributed by atoms with Gasteiger partial charge in [0.25, 0.3) is 0 Å². The van der Waals surface area contributed by atoms with Crippen molar-refractivity contribution < 1.29 is 22.7 Å². The van der Waals surface area contributed by atoms with Crippen molar-refractivity contribution in [2.45, 2.75) is 37.2 Å². The normalized spacial score (nSPS) is 18.1. The van der Waals surface area contributed by atoms with Gasteiger partial charge in [0.2, 0.25) is 10.0 Å². The molecule has 9 heteroatoms. The molecule has 33 heavy (non-hydrogen) atoms. The summed E-state index contributed by atoms with van der Waals surface area (Å²) in [6, 6.07) is 13.1. The molecule has 178 valence electrons. The lowest BCUT2D eigenvalue weighted by molar-refractivity contribution is 0.153. The first kappa shape index (κ1) is 23.4. The molecule has 2 saturated heterocycles. The molecule has 8 nitrogen and oxygen atoms in total. The first-order chi connectivity index (χ1) is 15.8. The second-order valence-electron chi connectivity index (χ2n) is 8.54. The lowest BCUT2D eigenvalue weighted by Gasteiger charge is -2.36. The standard InChI is InChI=1S/C24H31N3O5S/c1-18-4-6-19(7-5-18)17-25-14-15-27(24(25)28)20-10-12-26(13-11-20)33(29,30)23-16-21(31-2)8-9-22(23)32-3/h4-9,16,20H,10-15,17H2,1-3H3. The molecule has 0 radical (unpaired) electrons. The van der Waals surface area contributed by atoms with Crippen LogP contribution in [0, 0.1) is 6.92 Å². The summed E-state index contributed by atoms with van der Waals surface area (Å²) in [6.07, 6.45) is 1.21. The van der Waals surface area contributed by atoms with Gasteiger partial charge in [0, 0.05) is 44.8 Å². The molecule has 0 saturated carbocycles. The van der Waals surface area contributed by atoms with Gasteiger partial charge >= 0.3 is 6.03 Å². The van der Waals surface area contributed by atoms with Crippen LogP contribution in [0.15, 0.2) is 47.4 Å². The highest BCUT2D eigenvalue weighted by atomic mass is 32.2. The van der Waals surface area contributed by atoms with Gasteiger partial charge in [0.15, 0.2) is 0 Å². The van der Waals surface area contributed by atoms with E-state index in [1.165, 1.54) is 30.2 Å². The molecule has 2 aliphatic heterocycles. The molecule has 4 rings (SSSR count). The Balaban J connectivity index is 1.40. The van der Waals surface area contributed by atoms with E-state index in [1.54, 1.807) is 12.1 Å². The van der Waals surface area contributed by atoms with E-state index in [0.717, 1.165) is 5.56 Å². The average molecular weight is 474 g/mol. The Bertz CT molecular complexity index is 1100. The molecule has 0 aromatic heterocycles. The fourth-order valence-electron chi connectivity index (χ4n) is 4.52. The monoisotopic (exact) mass is 473 g/mol. The summed E-state index contributed by atoms with van der Waals surface area (Å²) in [7, 11) is -0.787. The molecule has 2 fully saturated rings. The van der Waals surface area contributed by atoms with Crippen molar-refractivity contribution in [1.29, 1.82) is 0 Å². The number of sulfonamides is 1. The number of benzene rings is 2. The topological polar surface area (TPSA) is 79.4 Å². The van der Waals surface area contributed by atoms with Gasteiger partial charge in [-0.3, -0.25) is 0 Å². The molecule has 2 amide bonds. The van der Waals surface area contributed by atoms with Crippen LogP contribution < -0.4 is 9.47 Å². The van der Waals surface area contributed by atoms with Crippen molar-refractivity contribution >= 4 is 16.1 Å². The third-order valence-electron chi connectivity index (χ3n) is 6.47. The third-order valence-corrected chi connectivity index (χ3v) is 8.39. The molecule has 2 aromatic rings. The van der Waals surface area contributed by atoms with Gasteiger partial charge in [-0.2, -0.15) is 4.31 Å². The fraction of sp³-hybridized carbons (Fsp3) is 0.458. The zero-order chi connectivity index (χ0) is 23.6. The molecular weight excluding hydrogens is 442 g/mol. The number of piperidine rings is 1. The minimum Gasteiger partial charge on any atom is -0.497 e. The highest BCUT2D eigenvalue weighted by molar-refractivity contribution is 7.89. The molecule has 2 heterocycles. The van der Waals surface area contributed by atoms with Crippen LogP contribution in [0.3, 0.4) is 0 Å². The number of urea groups is 1. The maximum absolute atomic E-state index is 13.3. The third kappa shape index (κ3) is 4.79. The molecule has 0 atom stereocenters. The van der Waals surface area contributed by atoms with E-state index in [-0.39, 0.29) is 17.0 Å². The number of methoxy groups -OCH3 is 2. The van der Waals surface area contributed by atoms with Crippen LogP contribution in [0.1, 0.15) is 24.0 Å². The quantitative estimate of drug-likeness (QED) is 0.617. The fourth-order valence-corrected chi connectivity index (χ4v) is 6.16. The highest BCUT2D eigenvalue weighted by Crippen LogP contribution is 2.33. The van der Waals surface area contributed by atoms with E-state index in [1.807, 2.05) is 16.7 Å². The second-order valence-corrected chi connectivity index (χ2v) is 10.4. The lowest BCUT2D eigenvalue weighted by atomic mass is 10.1. The number of amides is 2. The summed E-state index contributed by atoms with van der Waals surface area (Å²) >= 11 is 0. The Kier molecular flexibility index (Phi) is 6.81. The number of hydrogen-bond donors (Lipinski definition) is 0. The zero-order valence-corrected chi connectivity index (χ0v) is 20.2. The SMILES string of the molecule is COc1ccc(OC)c(S(=O)(=O)N2CCC(N3CCN(Cc4ccc(C)cc4)C3=O)CC2)c1. The van der Waals surface area contributed by atoms with Gasteiger partial charge in [0.05, 0.1) is 14.2 Å². The van der Waals surface area contributed by atoms with Crippen LogP contribution in [0.4, 0.5) is 4.79 Å². The van der Waals surface area contributed by atoms with Gasteiger partial charge in [-0.05, 0) is 37.5 Å². The number of nitrogens with zero attached hydrogens (tertiary/aromatic N) is 3. The Morgan fingerprint density at radius 1 is 0.939 bits per heavy atom. The lowest BCUT2D eigenvalue weighted by Crippen LogP contribution is -2.48. The van der Waals surface area contributed by atoms with Gasteiger partial charge in [-0.25, -0.2) is 13.2 Å². The summed E-state index contributed by atoms with van der Waals surface area (Å²) in [4.78, 5) is 16.9. The largest absolute Gasteiger partial charge is 0.497 e. The number of carbonyl (C=O) groups excluding carboxylic acids is 1. The average Bonchev–Trinajstić information content (AvgIpc) is 3.20. The van der Waals surface area contributed by atoms with E-state index in [2.05, 4.69) is 24.3 Å². The minimum absolute atomic E-state index is 0.0337. The predicted octanol–water partition coefficient (Wildman–Crippen LogP) is 3.10.